The molecular weight excluding hydrogens is 390 g/mol. The Labute approximate surface area is 155 Å². The van der Waals surface area contributed by atoms with E-state index in [-0.39, 0.29) is 11.9 Å². The Morgan fingerprint density at radius 3 is 2.68 bits per heavy atom. The van der Waals surface area contributed by atoms with Gasteiger partial charge in [-0.3, -0.25) is 9.69 Å². The third-order valence-corrected chi connectivity index (χ3v) is 4.67. The number of fused-ring (bicyclic) bond motifs is 1. The molecule has 2 amide bonds. The van der Waals surface area contributed by atoms with Crippen molar-refractivity contribution in [2.24, 2.45) is 5.92 Å². The number of rotatable bonds is 3. The van der Waals surface area contributed by atoms with Gasteiger partial charge in [0, 0.05) is 18.2 Å². The van der Waals surface area contributed by atoms with Gasteiger partial charge < -0.3 is 14.8 Å². The van der Waals surface area contributed by atoms with Crippen LogP contribution in [0.1, 0.15) is 33.6 Å². The second-order valence-corrected chi connectivity index (χ2v) is 8.22. The Morgan fingerprint density at radius 1 is 1.32 bits per heavy atom. The lowest BCUT2D eigenvalue weighted by Crippen LogP contribution is -2.47. The molecule has 25 heavy (non-hydrogen) atoms. The second-order valence-electron chi connectivity index (χ2n) is 7.41. The summed E-state index contributed by atoms with van der Waals surface area (Å²) in [6.45, 7) is 5.45. The number of anilines is 1. The Hall–Kier alpha value is -1.83. The molecule has 1 saturated heterocycles. The molecule has 0 radical (unpaired) electrons. The van der Waals surface area contributed by atoms with Crippen LogP contribution in [0, 0.1) is 5.92 Å². The molecule has 8 heteroatoms. The van der Waals surface area contributed by atoms with Crippen LogP contribution >= 0.6 is 15.9 Å². The molecule has 1 aliphatic carbocycles. The Bertz CT molecular complexity index is 704. The predicted octanol–water partition coefficient (Wildman–Crippen LogP) is 3.19. The number of halogens is 1. The number of amides is 2. The molecular formula is C17H22BrN3O4. The summed E-state index contributed by atoms with van der Waals surface area (Å²) in [5, 5.41) is 2.78. The van der Waals surface area contributed by atoms with Gasteiger partial charge in [-0.1, -0.05) is 0 Å². The van der Waals surface area contributed by atoms with E-state index >= 15 is 0 Å². The first-order valence-corrected chi connectivity index (χ1v) is 9.01. The van der Waals surface area contributed by atoms with E-state index in [0.29, 0.717) is 28.5 Å². The van der Waals surface area contributed by atoms with Crippen molar-refractivity contribution in [3.63, 3.8) is 0 Å². The van der Waals surface area contributed by atoms with Crippen molar-refractivity contribution in [1.29, 1.82) is 0 Å². The van der Waals surface area contributed by atoms with E-state index in [9.17, 15) is 9.59 Å². The normalized spacial score (nSPS) is 24.5. The van der Waals surface area contributed by atoms with E-state index in [2.05, 4.69) is 26.2 Å². The van der Waals surface area contributed by atoms with Crippen LogP contribution in [0.15, 0.2) is 16.7 Å². The fourth-order valence-electron chi connectivity index (χ4n) is 3.13. The van der Waals surface area contributed by atoms with Crippen LogP contribution in [-0.2, 0) is 9.53 Å². The maximum Gasteiger partial charge on any atom is 0.411 e. The van der Waals surface area contributed by atoms with E-state index in [1.807, 2.05) is 20.8 Å². The fraction of sp³-hybridized carbons (Fsp3) is 0.588. The molecule has 2 fully saturated rings. The molecule has 0 spiro atoms. The molecule has 1 aliphatic heterocycles. The average molecular weight is 412 g/mol. The Kier molecular flexibility index (Phi) is 4.66. The monoisotopic (exact) mass is 411 g/mol. The molecule has 1 aromatic rings. The van der Waals surface area contributed by atoms with Crippen molar-refractivity contribution in [2.45, 2.75) is 51.3 Å². The second kappa shape index (κ2) is 6.48. The van der Waals surface area contributed by atoms with Crippen LogP contribution in [0.4, 0.5) is 10.6 Å². The quantitative estimate of drug-likeness (QED) is 0.772. The van der Waals surface area contributed by atoms with Crippen molar-refractivity contribution in [3.8, 4) is 5.75 Å². The van der Waals surface area contributed by atoms with Gasteiger partial charge in [-0.25, -0.2) is 9.78 Å². The molecule has 1 N–H and O–H groups in total. The van der Waals surface area contributed by atoms with Crippen LogP contribution in [0.25, 0.3) is 0 Å². The third-order valence-electron chi connectivity index (χ3n) is 4.27. The number of ether oxygens (including phenoxy) is 2. The van der Waals surface area contributed by atoms with Crippen LogP contribution in [0.3, 0.4) is 0 Å². The topological polar surface area (TPSA) is 80.8 Å². The summed E-state index contributed by atoms with van der Waals surface area (Å²) in [5.41, 5.74) is -0.593. The molecule has 1 saturated carbocycles. The number of hydrogen-bond acceptors (Lipinski definition) is 5. The van der Waals surface area contributed by atoms with Crippen molar-refractivity contribution in [1.82, 2.24) is 9.88 Å². The molecule has 7 nitrogen and oxygen atoms in total. The Balaban J connectivity index is 1.73. The minimum absolute atomic E-state index is 0.107. The molecule has 2 aliphatic rings. The average Bonchev–Trinajstić information content (AvgIpc) is 3.14. The largest absolute Gasteiger partial charge is 0.497 e. The molecule has 0 unspecified atom stereocenters. The first-order valence-electron chi connectivity index (χ1n) is 8.21. The van der Waals surface area contributed by atoms with E-state index in [1.54, 1.807) is 24.1 Å². The highest BCUT2D eigenvalue weighted by Crippen LogP contribution is 2.48. The van der Waals surface area contributed by atoms with Gasteiger partial charge in [0.1, 0.15) is 27.8 Å². The molecule has 3 rings (SSSR count). The summed E-state index contributed by atoms with van der Waals surface area (Å²) in [5.74, 6) is 1.08. The highest BCUT2D eigenvalue weighted by atomic mass is 79.9. The van der Waals surface area contributed by atoms with Crippen LogP contribution in [0.2, 0.25) is 0 Å². The number of pyridine rings is 1. The third kappa shape index (κ3) is 4.05. The number of nitrogens with zero attached hydrogens (tertiary/aromatic N) is 2. The van der Waals surface area contributed by atoms with Gasteiger partial charge in [-0.05, 0) is 55.5 Å². The molecule has 136 valence electrons. The van der Waals surface area contributed by atoms with Gasteiger partial charge >= 0.3 is 6.09 Å². The highest BCUT2D eigenvalue weighted by Gasteiger charge is 2.57. The maximum absolute atomic E-state index is 12.7. The molecule has 3 atom stereocenters. The molecule has 2 heterocycles. The van der Waals surface area contributed by atoms with Crippen molar-refractivity contribution in [2.75, 3.05) is 12.4 Å². The van der Waals surface area contributed by atoms with Crippen LogP contribution < -0.4 is 10.1 Å². The summed E-state index contributed by atoms with van der Waals surface area (Å²) in [7, 11) is 1.54. The number of piperidine rings is 1. The molecule has 0 aromatic carbocycles. The summed E-state index contributed by atoms with van der Waals surface area (Å²) >= 11 is 3.29. The van der Waals surface area contributed by atoms with Gasteiger partial charge in [-0.15, -0.1) is 0 Å². The highest BCUT2D eigenvalue weighted by molar-refractivity contribution is 9.10. The lowest BCUT2D eigenvalue weighted by molar-refractivity contribution is -0.121. The summed E-state index contributed by atoms with van der Waals surface area (Å²) in [4.78, 5) is 31.0. The van der Waals surface area contributed by atoms with Crippen molar-refractivity contribution < 1.29 is 19.1 Å². The van der Waals surface area contributed by atoms with Crippen molar-refractivity contribution in [3.05, 3.63) is 16.7 Å². The number of carbonyl (C=O) groups excluding carboxylic acids is 2. The zero-order valence-electron chi connectivity index (χ0n) is 14.7. The molecule has 0 bridgehead atoms. The first-order chi connectivity index (χ1) is 11.7. The minimum atomic E-state index is -0.593. The number of methoxy groups -OCH3 is 1. The van der Waals surface area contributed by atoms with E-state index < -0.39 is 17.7 Å². The van der Waals surface area contributed by atoms with Gasteiger partial charge in [-0.2, -0.15) is 0 Å². The summed E-state index contributed by atoms with van der Waals surface area (Å²) in [6, 6.07) is 2.91. The summed E-state index contributed by atoms with van der Waals surface area (Å²) < 4.78 is 11.2. The zero-order valence-corrected chi connectivity index (χ0v) is 16.3. The minimum Gasteiger partial charge on any atom is -0.497 e. The number of carbonyl (C=O) groups is 2. The number of likely N-dealkylation sites (tertiary alicyclic amines) is 1. The lowest BCUT2D eigenvalue weighted by atomic mass is 10.1. The standard InChI is InChI=1S/C17H22BrN3O4/c1-17(2,3)25-16(23)21-11-5-9(11)6-12(21)15(22)20-14-8-10(24-4)7-13(18)19-14/h7-9,11-12H,5-6H2,1-4H3,(H,19,20,22)/t9-,11-,12-/m1/s1. The first kappa shape index (κ1) is 18.0. The van der Waals surface area contributed by atoms with Gasteiger partial charge in [0.15, 0.2) is 0 Å². The number of nitrogens with one attached hydrogen (secondary N) is 1. The van der Waals surface area contributed by atoms with Crippen molar-refractivity contribution >= 4 is 33.7 Å². The smallest absolute Gasteiger partial charge is 0.411 e. The fourth-order valence-corrected chi connectivity index (χ4v) is 3.55. The zero-order chi connectivity index (χ0) is 18.4. The Morgan fingerprint density at radius 2 is 2.04 bits per heavy atom. The van der Waals surface area contributed by atoms with Crippen LogP contribution in [0.5, 0.6) is 5.75 Å². The van der Waals surface area contributed by atoms with Gasteiger partial charge in [0.2, 0.25) is 5.91 Å². The lowest BCUT2D eigenvalue weighted by Gasteiger charge is -2.29. The van der Waals surface area contributed by atoms with E-state index in [4.69, 9.17) is 9.47 Å². The summed E-state index contributed by atoms with van der Waals surface area (Å²) in [6.07, 6.45) is 1.16. The van der Waals surface area contributed by atoms with E-state index in [0.717, 1.165) is 6.42 Å². The van der Waals surface area contributed by atoms with Gasteiger partial charge in [0.05, 0.1) is 7.11 Å². The van der Waals surface area contributed by atoms with E-state index in [1.165, 1.54) is 0 Å². The number of aromatic nitrogens is 1. The predicted molar refractivity (Wildman–Crippen MR) is 95.5 cm³/mol. The molecule has 1 aromatic heterocycles. The SMILES string of the molecule is COc1cc(Br)nc(NC(=O)[C@H]2C[C@H]3C[C@H]3N2C(=O)OC(C)(C)C)c1. The maximum atomic E-state index is 12.7. The van der Waals surface area contributed by atoms with Crippen LogP contribution in [-0.4, -0.2) is 46.7 Å². The van der Waals surface area contributed by atoms with Gasteiger partial charge in [0.25, 0.3) is 0 Å². The number of hydrogen-bond donors (Lipinski definition) is 1.